The molecule has 0 aliphatic carbocycles. The van der Waals surface area contributed by atoms with Crippen LogP contribution in [0.15, 0.2) is 18.2 Å². The lowest BCUT2D eigenvalue weighted by Gasteiger charge is -2.48. The highest BCUT2D eigenvalue weighted by Gasteiger charge is 2.41. The van der Waals surface area contributed by atoms with Crippen molar-refractivity contribution in [1.29, 1.82) is 0 Å². The average Bonchev–Trinajstić information content (AvgIpc) is 2.59. The summed E-state index contributed by atoms with van der Waals surface area (Å²) in [5, 5.41) is 0. The molecule has 1 unspecified atom stereocenters. The smallest absolute Gasteiger partial charge is 0.222 e. The minimum absolute atomic E-state index is 0.110. The molecule has 1 aromatic carbocycles. The number of likely N-dealkylation sites (tertiary alicyclic amines) is 2. The van der Waals surface area contributed by atoms with E-state index in [1.807, 2.05) is 4.90 Å². The number of rotatable bonds is 5. The van der Waals surface area contributed by atoms with Gasteiger partial charge in [0.1, 0.15) is 0 Å². The van der Waals surface area contributed by atoms with Gasteiger partial charge in [0.15, 0.2) is 11.6 Å². The number of amides is 1. The van der Waals surface area contributed by atoms with Crippen molar-refractivity contribution >= 4 is 5.91 Å². The number of methoxy groups -OCH3 is 1. The van der Waals surface area contributed by atoms with Gasteiger partial charge in [-0.05, 0) is 43.5 Å². The molecule has 2 saturated heterocycles. The molecule has 25 heavy (non-hydrogen) atoms. The number of carbonyl (C=O) groups is 1. The van der Waals surface area contributed by atoms with E-state index in [4.69, 9.17) is 4.74 Å². The number of hydrogen-bond acceptors (Lipinski definition) is 3. The number of carbonyl (C=O) groups excluding carboxylic acids is 1. The molecule has 6 heteroatoms. The van der Waals surface area contributed by atoms with Gasteiger partial charge in [0, 0.05) is 45.1 Å². The monoisotopic (exact) mass is 352 g/mol. The van der Waals surface area contributed by atoms with Crippen LogP contribution >= 0.6 is 0 Å². The Morgan fingerprint density at radius 3 is 2.80 bits per heavy atom. The molecule has 138 valence electrons. The topological polar surface area (TPSA) is 32.8 Å². The van der Waals surface area contributed by atoms with Crippen LogP contribution in [-0.2, 0) is 16.1 Å². The summed E-state index contributed by atoms with van der Waals surface area (Å²) in [6.07, 6.45) is 3.67. The molecule has 2 fully saturated rings. The predicted octanol–water partition coefficient (Wildman–Crippen LogP) is 2.82. The van der Waals surface area contributed by atoms with Crippen LogP contribution in [0.4, 0.5) is 8.78 Å². The zero-order valence-corrected chi connectivity index (χ0v) is 14.8. The van der Waals surface area contributed by atoms with Gasteiger partial charge in [0.05, 0.1) is 6.61 Å². The Kier molecular flexibility index (Phi) is 5.69. The van der Waals surface area contributed by atoms with Gasteiger partial charge in [-0.25, -0.2) is 8.78 Å². The molecule has 1 aromatic rings. The molecular weight excluding hydrogens is 326 g/mol. The average molecular weight is 352 g/mol. The van der Waals surface area contributed by atoms with E-state index in [0.717, 1.165) is 44.5 Å². The van der Waals surface area contributed by atoms with Crippen molar-refractivity contribution in [2.75, 3.05) is 39.9 Å². The van der Waals surface area contributed by atoms with E-state index in [9.17, 15) is 13.6 Å². The zero-order valence-electron chi connectivity index (χ0n) is 14.8. The summed E-state index contributed by atoms with van der Waals surface area (Å²) >= 11 is 0. The molecule has 0 aromatic heterocycles. The summed E-state index contributed by atoms with van der Waals surface area (Å²) in [5.41, 5.74) is 0.900. The first-order valence-electron chi connectivity index (χ1n) is 8.94. The Morgan fingerprint density at radius 2 is 2.04 bits per heavy atom. The van der Waals surface area contributed by atoms with Gasteiger partial charge in [-0.15, -0.1) is 0 Å². The fourth-order valence-corrected chi connectivity index (χ4v) is 4.18. The second kappa shape index (κ2) is 7.79. The van der Waals surface area contributed by atoms with E-state index in [1.54, 1.807) is 13.2 Å². The van der Waals surface area contributed by atoms with Crippen molar-refractivity contribution in [3.8, 4) is 0 Å². The number of nitrogens with zero attached hydrogens (tertiary/aromatic N) is 2. The third kappa shape index (κ3) is 4.36. The maximum atomic E-state index is 13.4. The molecule has 0 saturated carbocycles. The van der Waals surface area contributed by atoms with Crippen LogP contribution in [0.25, 0.3) is 0 Å². The lowest BCUT2D eigenvalue weighted by atomic mass is 9.73. The zero-order chi connectivity index (χ0) is 17.9. The Morgan fingerprint density at radius 1 is 1.20 bits per heavy atom. The van der Waals surface area contributed by atoms with E-state index in [-0.39, 0.29) is 11.3 Å². The minimum atomic E-state index is -0.807. The molecule has 1 spiro atoms. The SMILES string of the molecule is COCCN1CC2(CCCN(Cc3ccc(F)c(F)c3)C2)CCC1=O. The molecule has 1 amide bonds. The number of halogens is 2. The van der Waals surface area contributed by atoms with Crippen molar-refractivity contribution in [3.05, 3.63) is 35.4 Å². The first-order valence-corrected chi connectivity index (χ1v) is 8.94. The fourth-order valence-electron chi connectivity index (χ4n) is 4.18. The van der Waals surface area contributed by atoms with Gasteiger partial charge < -0.3 is 9.64 Å². The number of hydrogen-bond donors (Lipinski definition) is 0. The largest absolute Gasteiger partial charge is 0.383 e. The van der Waals surface area contributed by atoms with Crippen LogP contribution < -0.4 is 0 Å². The number of benzene rings is 1. The quantitative estimate of drug-likeness (QED) is 0.817. The second-order valence-electron chi connectivity index (χ2n) is 7.37. The summed E-state index contributed by atoms with van der Waals surface area (Å²) < 4.78 is 31.7. The standard InChI is InChI=1S/C19H26F2N2O2/c1-25-10-9-23-14-19(7-5-18(23)24)6-2-8-22(13-19)12-15-3-4-16(20)17(21)11-15/h3-4,11H,2,5-10,12-14H2,1H3. The third-order valence-electron chi connectivity index (χ3n) is 5.44. The number of ether oxygens (including phenoxy) is 1. The van der Waals surface area contributed by atoms with Crippen molar-refractivity contribution in [2.45, 2.75) is 32.2 Å². The highest BCUT2D eigenvalue weighted by molar-refractivity contribution is 5.77. The molecule has 0 N–H and O–H groups in total. The van der Waals surface area contributed by atoms with Gasteiger partial charge in [-0.2, -0.15) is 0 Å². The summed E-state index contributed by atoms with van der Waals surface area (Å²) in [6.45, 7) is 4.42. The third-order valence-corrected chi connectivity index (χ3v) is 5.44. The molecule has 2 heterocycles. The first kappa shape index (κ1) is 18.3. The van der Waals surface area contributed by atoms with Crippen molar-refractivity contribution in [1.82, 2.24) is 9.80 Å². The molecule has 1 atom stereocenters. The van der Waals surface area contributed by atoms with E-state index < -0.39 is 11.6 Å². The molecule has 0 bridgehead atoms. The van der Waals surface area contributed by atoms with Crippen molar-refractivity contribution in [2.24, 2.45) is 5.41 Å². The normalized spacial score (nSPS) is 24.9. The van der Waals surface area contributed by atoms with Crippen LogP contribution in [-0.4, -0.2) is 55.6 Å². The summed E-state index contributed by atoms with van der Waals surface area (Å²) in [5.74, 6) is -1.39. The van der Waals surface area contributed by atoms with E-state index >= 15 is 0 Å². The van der Waals surface area contributed by atoms with Gasteiger partial charge in [0.25, 0.3) is 0 Å². The molecule has 4 nitrogen and oxygen atoms in total. The van der Waals surface area contributed by atoms with Gasteiger partial charge >= 0.3 is 0 Å². The molecule has 3 rings (SSSR count). The Bertz CT molecular complexity index is 625. The Labute approximate surface area is 147 Å². The highest BCUT2D eigenvalue weighted by Crippen LogP contribution is 2.39. The highest BCUT2D eigenvalue weighted by atomic mass is 19.2. The van der Waals surface area contributed by atoms with Crippen LogP contribution in [0.5, 0.6) is 0 Å². The first-order chi connectivity index (χ1) is 12.0. The van der Waals surface area contributed by atoms with Crippen molar-refractivity contribution < 1.29 is 18.3 Å². The molecular formula is C19H26F2N2O2. The van der Waals surface area contributed by atoms with Crippen molar-refractivity contribution in [3.63, 3.8) is 0 Å². The fraction of sp³-hybridized carbons (Fsp3) is 0.632. The van der Waals surface area contributed by atoms with Crippen LogP contribution in [0.3, 0.4) is 0 Å². The number of piperidine rings is 2. The van der Waals surface area contributed by atoms with Crippen LogP contribution in [0.2, 0.25) is 0 Å². The van der Waals surface area contributed by atoms with Gasteiger partial charge in [-0.1, -0.05) is 6.07 Å². The maximum absolute atomic E-state index is 13.4. The van der Waals surface area contributed by atoms with E-state index in [0.29, 0.717) is 26.1 Å². The Hall–Kier alpha value is -1.53. The lowest BCUT2D eigenvalue weighted by molar-refractivity contribution is -0.140. The van der Waals surface area contributed by atoms with E-state index in [2.05, 4.69) is 4.90 Å². The predicted molar refractivity (Wildman–Crippen MR) is 91.0 cm³/mol. The maximum Gasteiger partial charge on any atom is 0.222 e. The summed E-state index contributed by atoms with van der Waals surface area (Å²) in [7, 11) is 1.65. The summed E-state index contributed by atoms with van der Waals surface area (Å²) in [6, 6.07) is 4.12. The van der Waals surface area contributed by atoms with Crippen LogP contribution in [0.1, 0.15) is 31.2 Å². The molecule has 2 aliphatic rings. The lowest BCUT2D eigenvalue weighted by Crippen LogP contribution is -2.54. The minimum Gasteiger partial charge on any atom is -0.383 e. The summed E-state index contributed by atoms with van der Waals surface area (Å²) in [4.78, 5) is 16.4. The molecule has 0 radical (unpaired) electrons. The Balaban J connectivity index is 1.65. The second-order valence-corrected chi connectivity index (χ2v) is 7.37. The van der Waals surface area contributed by atoms with E-state index in [1.165, 1.54) is 12.1 Å². The van der Waals surface area contributed by atoms with Gasteiger partial charge in [0.2, 0.25) is 5.91 Å². The molecule has 2 aliphatic heterocycles. The van der Waals surface area contributed by atoms with Crippen LogP contribution in [0, 0.1) is 17.0 Å². The van der Waals surface area contributed by atoms with Gasteiger partial charge in [-0.3, -0.25) is 9.69 Å².